The molecule has 0 spiro atoms. The molecule has 138 valence electrons. The molecule has 1 heterocycles. The molecule has 0 saturated carbocycles. The van der Waals surface area contributed by atoms with Gasteiger partial charge in [0.2, 0.25) is 0 Å². The number of benzene rings is 3. The van der Waals surface area contributed by atoms with Crippen molar-refractivity contribution in [2.24, 2.45) is 0 Å². The number of hydrogen-bond acceptors (Lipinski definition) is 2. The fourth-order valence-electron chi connectivity index (χ4n) is 3.49. The highest BCUT2D eigenvalue weighted by Gasteiger charge is 2.29. The molecule has 27 heavy (non-hydrogen) atoms. The summed E-state index contributed by atoms with van der Waals surface area (Å²) in [6, 6.07) is 15.6. The molecule has 4 rings (SSSR count). The number of ether oxygens (including phenoxy) is 1. The van der Waals surface area contributed by atoms with E-state index in [1.807, 2.05) is 37.4 Å². The van der Waals surface area contributed by atoms with E-state index in [4.69, 9.17) is 4.74 Å². The van der Waals surface area contributed by atoms with Crippen LogP contribution in [0.1, 0.15) is 5.56 Å². The van der Waals surface area contributed by atoms with E-state index in [0.29, 0.717) is 24.3 Å². The molecule has 0 bridgehead atoms. The maximum Gasteiger partial charge on any atom is 0.131 e. The van der Waals surface area contributed by atoms with Gasteiger partial charge in [0.25, 0.3) is 0 Å². The van der Waals surface area contributed by atoms with Crippen LogP contribution in [0, 0.1) is 17.5 Å². The van der Waals surface area contributed by atoms with Crippen molar-refractivity contribution >= 4 is 5.69 Å². The van der Waals surface area contributed by atoms with E-state index in [0.717, 1.165) is 23.9 Å². The number of rotatable bonds is 4. The average molecular weight is 369 g/mol. The second kappa shape index (κ2) is 6.99. The van der Waals surface area contributed by atoms with E-state index in [-0.39, 0.29) is 17.2 Å². The van der Waals surface area contributed by atoms with Crippen LogP contribution < -0.4 is 9.64 Å². The van der Waals surface area contributed by atoms with E-state index < -0.39 is 17.5 Å². The van der Waals surface area contributed by atoms with Gasteiger partial charge in [0, 0.05) is 35.8 Å². The fourth-order valence-corrected chi connectivity index (χ4v) is 3.49. The van der Waals surface area contributed by atoms with Crippen molar-refractivity contribution in [1.29, 1.82) is 0 Å². The highest BCUT2D eigenvalue weighted by atomic mass is 19.1. The van der Waals surface area contributed by atoms with Crippen LogP contribution in [0.3, 0.4) is 0 Å². The van der Waals surface area contributed by atoms with Gasteiger partial charge in [-0.25, -0.2) is 13.2 Å². The minimum Gasteiger partial charge on any atom is -0.487 e. The molecule has 0 aromatic heterocycles. The minimum absolute atomic E-state index is 0.00261. The Morgan fingerprint density at radius 2 is 1.67 bits per heavy atom. The molecule has 3 aromatic carbocycles. The van der Waals surface area contributed by atoms with Crippen LogP contribution in [0.5, 0.6) is 5.75 Å². The van der Waals surface area contributed by atoms with Gasteiger partial charge in [-0.05, 0) is 42.5 Å². The van der Waals surface area contributed by atoms with Crippen molar-refractivity contribution in [3.8, 4) is 16.9 Å². The van der Waals surface area contributed by atoms with Crippen LogP contribution in [-0.2, 0) is 6.42 Å². The van der Waals surface area contributed by atoms with E-state index in [2.05, 4.69) is 4.90 Å². The first-order chi connectivity index (χ1) is 13.0. The maximum absolute atomic E-state index is 14.2. The fraction of sp³-hybridized carbons (Fsp3) is 0.182. The summed E-state index contributed by atoms with van der Waals surface area (Å²) in [5, 5.41) is 0. The third-order valence-corrected chi connectivity index (χ3v) is 4.76. The standard InChI is InChI=1S/C22H18F3NO/c1-26(17-5-3-2-4-6-17)13-18-10-14-9-16(24)12-20(22(14)27-18)19-11-15(23)7-8-21(19)25/h2-9,11-12,18H,10,13H2,1H3. The summed E-state index contributed by atoms with van der Waals surface area (Å²) in [6.45, 7) is 0.589. The number of anilines is 1. The molecular weight excluding hydrogens is 351 g/mol. The molecule has 0 amide bonds. The van der Waals surface area contributed by atoms with Crippen molar-refractivity contribution in [3.05, 3.63) is 83.7 Å². The van der Waals surface area contributed by atoms with Crippen LogP contribution in [0.2, 0.25) is 0 Å². The smallest absolute Gasteiger partial charge is 0.131 e. The monoisotopic (exact) mass is 369 g/mol. The number of hydrogen-bond donors (Lipinski definition) is 0. The van der Waals surface area contributed by atoms with Crippen LogP contribution >= 0.6 is 0 Å². The van der Waals surface area contributed by atoms with Gasteiger partial charge in [0.15, 0.2) is 0 Å². The predicted molar refractivity (Wildman–Crippen MR) is 99.6 cm³/mol. The highest BCUT2D eigenvalue weighted by molar-refractivity contribution is 5.73. The van der Waals surface area contributed by atoms with Crippen LogP contribution in [0.15, 0.2) is 60.7 Å². The lowest BCUT2D eigenvalue weighted by Crippen LogP contribution is -2.31. The third kappa shape index (κ3) is 3.50. The Labute approximate surface area is 155 Å². The molecule has 1 atom stereocenters. The van der Waals surface area contributed by atoms with Gasteiger partial charge in [-0.15, -0.1) is 0 Å². The molecule has 0 N–H and O–H groups in total. The Hall–Kier alpha value is -2.95. The van der Waals surface area contributed by atoms with Gasteiger partial charge in [-0.2, -0.15) is 0 Å². The van der Waals surface area contributed by atoms with Crippen molar-refractivity contribution in [1.82, 2.24) is 0 Å². The second-order valence-corrected chi connectivity index (χ2v) is 6.73. The number of fused-ring (bicyclic) bond motifs is 1. The van der Waals surface area contributed by atoms with Crippen molar-refractivity contribution in [3.63, 3.8) is 0 Å². The van der Waals surface area contributed by atoms with Crippen molar-refractivity contribution in [2.75, 3.05) is 18.5 Å². The van der Waals surface area contributed by atoms with Crippen LogP contribution in [-0.4, -0.2) is 19.7 Å². The topological polar surface area (TPSA) is 12.5 Å². The predicted octanol–water partition coefficient (Wildman–Crippen LogP) is 5.21. The highest BCUT2D eigenvalue weighted by Crippen LogP contribution is 2.41. The van der Waals surface area contributed by atoms with E-state index in [9.17, 15) is 13.2 Å². The lowest BCUT2D eigenvalue weighted by atomic mass is 9.99. The number of para-hydroxylation sites is 1. The van der Waals surface area contributed by atoms with Gasteiger partial charge < -0.3 is 9.64 Å². The molecule has 1 aliphatic heterocycles. The second-order valence-electron chi connectivity index (χ2n) is 6.73. The zero-order chi connectivity index (χ0) is 19.0. The summed E-state index contributed by atoms with van der Waals surface area (Å²) in [4.78, 5) is 2.05. The molecular formula is C22H18F3NO. The molecule has 0 aliphatic carbocycles. The number of halogens is 3. The average Bonchev–Trinajstić information content (AvgIpc) is 3.05. The summed E-state index contributed by atoms with van der Waals surface area (Å²) in [5.41, 5.74) is 1.95. The summed E-state index contributed by atoms with van der Waals surface area (Å²) < 4.78 is 48.0. The zero-order valence-electron chi connectivity index (χ0n) is 14.8. The van der Waals surface area contributed by atoms with Gasteiger partial charge in [0.1, 0.15) is 29.3 Å². The van der Waals surface area contributed by atoms with Crippen LogP contribution in [0.25, 0.3) is 11.1 Å². The number of likely N-dealkylation sites (N-methyl/N-ethyl adjacent to an activating group) is 1. The molecule has 0 saturated heterocycles. The van der Waals surface area contributed by atoms with E-state index in [1.165, 1.54) is 12.1 Å². The molecule has 3 aromatic rings. The lowest BCUT2D eigenvalue weighted by Gasteiger charge is -2.23. The van der Waals surface area contributed by atoms with Crippen molar-refractivity contribution < 1.29 is 17.9 Å². The largest absolute Gasteiger partial charge is 0.487 e. The van der Waals surface area contributed by atoms with Crippen molar-refractivity contribution in [2.45, 2.75) is 12.5 Å². The summed E-state index contributed by atoms with van der Waals surface area (Å²) in [7, 11) is 1.95. The van der Waals surface area contributed by atoms with E-state index >= 15 is 0 Å². The molecule has 1 aliphatic rings. The first-order valence-corrected chi connectivity index (χ1v) is 8.72. The Bertz CT molecular complexity index is 975. The number of nitrogens with zero attached hydrogens (tertiary/aromatic N) is 1. The summed E-state index contributed by atoms with van der Waals surface area (Å²) in [6.07, 6.45) is 0.302. The van der Waals surface area contributed by atoms with Gasteiger partial charge in [-0.3, -0.25) is 0 Å². The Kier molecular flexibility index (Phi) is 4.52. The molecule has 0 radical (unpaired) electrons. The minimum atomic E-state index is -0.613. The SMILES string of the molecule is CN(CC1Cc2cc(F)cc(-c3cc(F)ccc3F)c2O1)c1ccccc1. The van der Waals surface area contributed by atoms with Crippen LogP contribution in [0.4, 0.5) is 18.9 Å². The third-order valence-electron chi connectivity index (χ3n) is 4.76. The lowest BCUT2D eigenvalue weighted by molar-refractivity contribution is 0.240. The van der Waals surface area contributed by atoms with Gasteiger partial charge >= 0.3 is 0 Å². The maximum atomic E-state index is 14.2. The van der Waals surface area contributed by atoms with Gasteiger partial charge in [-0.1, -0.05) is 18.2 Å². The molecule has 2 nitrogen and oxygen atoms in total. The zero-order valence-corrected chi connectivity index (χ0v) is 14.8. The molecule has 0 fully saturated rings. The first kappa shape index (κ1) is 17.5. The Morgan fingerprint density at radius 1 is 0.926 bits per heavy atom. The molecule has 5 heteroatoms. The molecule has 1 unspecified atom stereocenters. The normalized spacial score (nSPS) is 15.3. The quantitative estimate of drug-likeness (QED) is 0.626. The Morgan fingerprint density at radius 3 is 2.44 bits per heavy atom. The Balaban J connectivity index is 1.63. The van der Waals surface area contributed by atoms with Gasteiger partial charge in [0.05, 0.1) is 6.54 Å². The van der Waals surface area contributed by atoms with E-state index in [1.54, 1.807) is 0 Å². The first-order valence-electron chi connectivity index (χ1n) is 8.72. The summed E-state index contributed by atoms with van der Waals surface area (Å²) in [5.74, 6) is -1.26. The summed E-state index contributed by atoms with van der Waals surface area (Å²) >= 11 is 0.